The molecule has 1 amide bonds. The van der Waals surface area contributed by atoms with Gasteiger partial charge < -0.3 is 19.1 Å². The monoisotopic (exact) mass is 462 g/mol. The number of rotatable bonds is 6. The topological polar surface area (TPSA) is 75.9 Å². The Kier molecular flexibility index (Phi) is 5.28. The number of aromatic nitrogens is 3. The molecule has 3 aromatic rings. The van der Waals surface area contributed by atoms with E-state index in [-0.39, 0.29) is 18.1 Å². The lowest BCUT2D eigenvalue weighted by atomic mass is 10.1. The van der Waals surface area contributed by atoms with Crippen LogP contribution in [-0.4, -0.2) is 74.5 Å². The average Bonchev–Trinajstić information content (AvgIpc) is 3.63. The van der Waals surface area contributed by atoms with Gasteiger partial charge in [0.1, 0.15) is 11.5 Å². The van der Waals surface area contributed by atoms with Crippen molar-refractivity contribution in [2.75, 3.05) is 26.2 Å². The van der Waals surface area contributed by atoms with Crippen molar-refractivity contribution in [3.05, 3.63) is 59.4 Å². The van der Waals surface area contributed by atoms with Crippen LogP contribution in [0.1, 0.15) is 41.6 Å². The number of amidine groups is 1. The lowest BCUT2D eigenvalue weighted by Crippen LogP contribution is -2.41. The fourth-order valence-electron chi connectivity index (χ4n) is 5.30. The number of amides is 1. The molecule has 5 heterocycles. The molecule has 34 heavy (non-hydrogen) atoms. The molecular formula is C25H27FN6O2. The Balaban J connectivity index is 1.29. The van der Waals surface area contributed by atoms with Gasteiger partial charge in [-0.1, -0.05) is 13.0 Å². The number of carbonyl (C=O) groups is 1. The number of aliphatic imine (C=N–C) groups is 1. The van der Waals surface area contributed by atoms with E-state index in [0.29, 0.717) is 43.3 Å². The molecule has 8 nitrogen and oxygen atoms in total. The third kappa shape index (κ3) is 3.64. The van der Waals surface area contributed by atoms with E-state index in [2.05, 4.69) is 26.4 Å². The van der Waals surface area contributed by atoms with Gasteiger partial charge in [-0.25, -0.2) is 9.97 Å². The van der Waals surface area contributed by atoms with Gasteiger partial charge in [-0.05, 0) is 43.2 Å². The molecule has 2 aromatic heterocycles. The van der Waals surface area contributed by atoms with E-state index in [9.17, 15) is 9.18 Å². The molecule has 2 saturated heterocycles. The highest BCUT2D eigenvalue weighted by molar-refractivity contribution is 5.99. The maximum atomic E-state index is 13.7. The standard InChI is InChI=1S/C25H27FN6O2/c1-2-9-31-21-7-6-16(25(33)32-13-18-12-17(32)15-34-18)11-20(21)29-23(31)14-30-10-8-27-24(30)19-4-3-5-22(26)28-19/h3-7,11,17-18H,2,8-10,12-15H2,1H3. The van der Waals surface area contributed by atoms with Crippen LogP contribution in [0.3, 0.4) is 0 Å². The highest BCUT2D eigenvalue weighted by atomic mass is 19.1. The molecule has 0 N–H and O–H groups in total. The molecule has 176 valence electrons. The van der Waals surface area contributed by atoms with Crippen LogP contribution in [0.25, 0.3) is 11.0 Å². The second-order valence-electron chi connectivity index (χ2n) is 9.16. The molecule has 3 aliphatic rings. The zero-order chi connectivity index (χ0) is 23.2. The molecule has 2 atom stereocenters. The van der Waals surface area contributed by atoms with Crippen molar-refractivity contribution in [1.29, 1.82) is 0 Å². The van der Waals surface area contributed by atoms with Crippen LogP contribution in [0, 0.1) is 5.95 Å². The fourth-order valence-corrected chi connectivity index (χ4v) is 5.30. The van der Waals surface area contributed by atoms with Crippen molar-refractivity contribution in [1.82, 2.24) is 24.3 Å². The molecule has 9 heteroatoms. The van der Waals surface area contributed by atoms with Gasteiger partial charge in [0.15, 0.2) is 5.84 Å². The summed E-state index contributed by atoms with van der Waals surface area (Å²) in [7, 11) is 0. The van der Waals surface area contributed by atoms with Crippen molar-refractivity contribution in [3.8, 4) is 0 Å². The fraction of sp³-hybridized carbons (Fsp3) is 0.440. The molecule has 3 aliphatic heterocycles. The van der Waals surface area contributed by atoms with Crippen molar-refractivity contribution in [2.24, 2.45) is 4.99 Å². The van der Waals surface area contributed by atoms with Crippen molar-refractivity contribution in [3.63, 3.8) is 0 Å². The molecule has 2 fully saturated rings. The van der Waals surface area contributed by atoms with Crippen LogP contribution < -0.4 is 0 Å². The predicted octanol–water partition coefficient (Wildman–Crippen LogP) is 2.86. The summed E-state index contributed by atoms with van der Waals surface area (Å²) in [6.07, 6.45) is 2.07. The summed E-state index contributed by atoms with van der Waals surface area (Å²) >= 11 is 0. The first kappa shape index (κ1) is 21.2. The minimum Gasteiger partial charge on any atom is -0.374 e. The quantitative estimate of drug-likeness (QED) is 0.527. The number of likely N-dealkylation sites (tertiary alicyclic amines) is 1. The first-order valence-corrected chi connectivity index (χ1v) is 11.9. The number of fused-ring (bicyclic) bond motifs is 3. The largest absolute Gasteiger partial charge is 0.374 e. The summed E-state index contributed by atoms with van der Waals surface area (Å²) in [6.45, 7) is 6.18. The van der Waals surface area contributed by atoms with Crippen LogP contribution in [0.5, 0.6) is 0 Å². The normalized spacial score (nSPS) is 21.6. The Bertz CT molecular complexity index is 1290. The van der Waals surface area contributed by atoms with Gasteiger partial charge in [0.25, 0.3) is 5.91 Å². The van der Waals surface area contributed by atoms with E-state index in [1.54, 1.807) is 12.1 Å². The Morgan fingerprint density at radius 1 is 1.24 bits per heavy atom. The lowest BCUT2D eigenvalue weighted by molar-refractivity contribution is 0.0259. The zero-order valence-electron chi connectivity index (χ0n) is 19.2. The van der Waals surface area contributed by atoms with Gasteiger partial charge >= 0.3 is 0 Å². The number of nitrogens with zero attached hydrogens (tertiary/aromatic N) is 6. The summed E-state index contributed by atoms with van der Waals surface area (Å²) in [5, 5.41) is 0. The van der Waals surface area contributed by atoms with Gasteiger partial charge in [-0.15, -0.1) is 0 Å². The predicted molar refractivity (Wildman–Crippen MR) is 125 cm³/mol. The van der Waals surface area contributed by atoms with Crippen LogP contribution in [0.4, 0.5) is 4.39 Å². The number of hydrogen-bond donors (Lipinski definition) is 0. The summed E-state index contributed by atoms with van der Waals surface area (Å²) in [6, 6.07) is 10.8. The number of benzene rings is 1. The average molecular weight is 463 g/mol. The first-order valence-electron chi connectivity index (χ1n) is 11.9. The highest BCUT2D eigenvalue weighted by Gasteiger charge is 2.41. The van der Waals surface area contributed by atoms with Gasteiger partial charge in [0.2, 0.25) is 5.95 Å². The number of hydrogen-bond acceptors (Lipinski definition) is 6. The number of aryl methyl sites for hydroxylation is 1. The smallest absolute Gasteiger partial charge is 0.254 e. The molecule has 0 aliphatic carbocycles. The molecular weight excluding hydrogens is 435 g/mol. The molecule has 1 aromatic carbocycles. The first-order chi connectivity index (χ1) is 16.6. The highest BCUT2D eigenvalue weighted by Crippen LogP contribution is 2.30. The second-order valence-corrected chi connectivity index (χ2v) is 9.16. The maximum absolute atomic E-state index is 13.7. The second kappa shape index (κ2) is 8.47. The molecule has 6 rings (SSSR count). The third-order valence-corrected chi connectivity index (χ3v) is 6.89. The van der Waals surface area contributed by atoms with Gasteiger partial charge in [0.05, 0.1) is 42.9 Å². The molecule has 2 bridgehead atoms. The SMILES string of the molecule is CCCn1c(CN2CCN=C2c2cccc(F)n2)nc2cc(C(=O)N3CC4CC3CO4)ccc21. The number of pyridine rings is 1. The summed E-state index contributed by atoms with van der Waals surface area (Å²) in [5.41, 5.74) is 3.03. The maximum Gasteiger partial charge on any atom is 0.254 e. The van der Waals surface area contributed by atoms with E-state index in [1.165, 1.54) is 6.07 Å². The molecule has 2 unspecified atom stereocenters. The van der Waals surface area contributed by atoms with Crippen LogP contribution >= 0.6 is 0 Å². The van der Waals surface area contributed by atoms with E-state index < -0.39 is 5.95 Å². The number of halogens is 1. The summed E-state index contributed by atoms with van der Waals surface area (Å²) in [5.74, 6) is 1.13. The van der Waals surface area contributed by atoms with Crippen LogP contribution in [0.2, 0.25) is 0 Å². The lowest BCUT2D eigenvalue weighted by Gasteiger charge is -2.26. The van der Waals surface area contributed by atoms with Crippen LogP contribution in [0.15, 0.2) is 41.4 Å². The minimum atomic E-state index is -0.514. The Labute approximate surface area is 197 Å². The van der Waals surface area contributed by atoms with E-state index >= 15 is 0 Å². The molecule has 0 radical (unpaired) electrons. The molecule has 0 spiro atoms. The van der Waals surface area contributed by atoms with Crippen molar-refractivity contribution >= 4 is 22.8 Å². The van der Waals surface area contributed by atoms with E-state index in [4.69, 9.17) is 9.72 Å². The van der Waals surface area contributed by atoms with E-state index in [0.717, 1.165) is 42.8 Å². The number of imidazole rings is 1. The summed E-state index contributed by atoms with van der Waals surface area (Å²) < 4.78 is 21.6. The third-order valence-electron chi connectivity index (χ3n) is 6.89. The number of ether oxygens (including phenoxy) is 1. The number of carbonyl (C=O) groups excluding carboxylic acids is 1. The van der Waals surface area contributed by atoms with Gasteiger partial charge in [-0.2, -0.15) is 4.39 Å². The molecule has 0 saturated carbocycles. The van der Waals surface area contributed by atoms with Crippen LogP contribution in [-0.2, 0) is 17.8 Å². The van der Waals surface area contributed by atoms with Gasteiger partial charge in [-0.3, -0.25) is 9.79 Å². The zero-order valence-corrected chi connectivity index (χ0v) is 19.2. The van der Waals surface area contributed by atoms with Gasteiger partial charge in [0, 0.05) is 25.2 Å². The van der Waals surface area contributed by atoms with Crippen molar-refractivity contribution in [2.45, 2.75) is 45.0 Å². The number of morpholine rings is 1. The Morgan fingerprint density at radius 3 is 2.91 bits per heavy atom. The minimum absolute atomic E-state index is 0.0513. The van der Waals surface area contributed by atoms with E-state index in [1.807, 2.05) is 23.1 Å². The Morgan fingerprint density at radius 2 is 2.15 bits per heavy atom. The summed E-state index contributed by atoms with van der Waals surface area (Å²) in [4.78, 5) is 30.7. The Hall–Kier alpha value is -3.33. The van der Waals surface area contributed by atoms with Crippen molar-refractivity contribution < 1.29 is 13.9 Å².